The average molecular weight is 314 g/mol. The second-order valence-electron chi connectivity index (χ2n) is 4.94. The summed E-state index contributed by atoms with van der Waals surface area (Å²) in [4.78, 5) is 2.22. The van der Waals surface area contributed by atoms with Crippen LogP contribution in [0.1, 0.15) is 5.56 Å². The van der Waals surface area contributed by atoms with Crippen molar-refractivity contribution in [3.05, 3.63) is 35.3 Å². The van der Waals surface area contributed by atoms with Gasteiger partial charge in [-0.2, -0.15) is 0 Å². The van der Waals surface area contributed by atoms with E-state index in [1.54, 1.807) is 0 Å². The third-order valence-electron chi connectivity index (χ3n) is 3.47. The Kier molecular flexibility index (Phi) is 5.06. The van der Waals surface area contributed by atoms with E-state index in [0.717, 1.165) is 26.1 Å². The number of rotatable bonds is 3. The normalized spacial score (nSPS) is 13.5. The molecule has 0 saturated heterocycles. The molecule has 0 atom stereocenters. The molecule has 1 aromatic heterocycles. The fourth-order valence-electron chi connectivity index (χ4n) is 2.52. The molecule has 0 unspecified atom stereocenters. The van der Waals surface area contributed by atoms with Crippen LogP contribution in [0.25, 0.3) is 16.2 Å². The van der Waals surface area contributed by atoms with Gasteiger partial charge in [0.25, 0.3) is 0 Å². The van der Waals surface area contributed by atoms with Crippen LogP contribution in [-0.2, 0) is 13.0 Å². The number of likely N-dealkylation sites (N-methyl/N-ethyl adjacent to an activating group) is 1. The van der Waals surface area contributed by atoms with E-state index in [0.29, 0.717) is 0 Å². The van der Waals surface area contributed by atoms with Crippen LogP contribution in [0.3, 0.4) is 0 Å². The molecule has 3 rings (SSSR count). The van der Waals surface area contributed by atoms with Gasteiger partial charge in [0, 0.05) is 30.2 Å². The first-order chi connectivity index (χ1) is 8.25. The minimum atomic E-state index is 0. The zero-order chi connectivity index (χ0) is 11.8. The van der Waals surface area contributed by atoms with Crippen molar-refractivity contribution in [2.24, 2.45) is 0 Å². The summed E-state index contributed by atoms with van der Waals surface area (Å²) in [5, 5.41) is 5.91. The van der Waals surface area contributed by atoms with E-state index in [4.69, 9.17) is 0 Å². The predicted molar refractivity (Wildman–Crippen MR) is 72.1 cm³/mol. The number of nitrogens with zero attached hydrogens (tertiary/aromatic N) is 3. The largest absolute Gasteiger partial charge is 1.00 e. The van der Waals surface area contributed by atoms with Gasteiger partial charge < -0.3 is 14.8 Å². The molecule has 2 heterocycles. The average Bonchev–Trinajstić information content (AvgIpc) is 2.91. The predicted octanol–water partition coefficient (Wildman–Crippen LogP) is -0.232. The van der Waals surface area contributed by atoms with E-state index < -0.39 is 0 Å². The summed E-state index contributed by atoms with van der Waals surface area (Å²) < 4.78 is 2.34. The van der Waals surface area contributed by atoms with Gasteiger partial charge >= 0.3 is 58.2 Å². The van der Waals surface area contributed by atoms with Crippen molar-refractivity contribution in [3.8, 4) is 0 Å². The summed E-state index contributed by atoms with van der Waals surface area (Å²) >= 11 is 0. The van der Waals surface area contributed by atoms with Crippen LogP contribution in [0.4, 0.5) is 5.69 Å². The first-order valence-electron chi connectivity index (χ1n) is 6.18. The molecule has 18 heavy (non-hydrogen) atoms. The zero-order valence-corrected chi connectivity index (χ0v) is 16.4. The van der Waals surface area contributed by atoms with Crippen LogP contribution in [0.2, 0.25) is 0 Å². The Morgan fingerprint density at radius 1 is 1.28 bits per heavy atom. The van der Waals surface area contributed by atoms with E-state index in [1.165, 1.54) is 22.2 Å². The molecule has 2 aromatic rings. The van der Waals surface area contributed by atoms with Gasteiger partial charge in [-0.3, -0.25) is 0 Å². The van der Waals surface area contributed by atoms with Crippen LogP contribution < -0.4 is 58.2 Å². The Hall–Kier alpha value is 0.325. The summed E-state index contributed by atoms with van der Waals surface area (Å²) in [5.41, 5.74) is 3.98. The summed E-state index contributed by atoms with van der Waals surface area (Å²) in [6, 6.07) is 6.61. The summed E-state index contributed by atoms with van der Waals surface area (Å²) in [7, 11) is 4.23. The van der Waals surface area contributed by atoms with Crippen molar-refractivity contribution in [1.29, 1.82) is 0 Å². The van der Waals surface area contributed by atoms with Crippen molar-refractivity contribution in [2.75, 3.05) is 27.2 Å². The Morgan fingerprint density at radius 3 is 2.89 bits per heavy atom. The van der Waals surface area contributed by atoms with Crippen LogP contribution in [0, 0.1) is 0 Å². The smallest absolute Gasteiger partial charge is 0.684 e. The van der Waals surface area contributed by atoms with Crippen molar-refractivity contribution in [3.63, 3.8) is 0 Å². The maximum Gasteiger partial charge on any atom is 1.00 e. The van der Waals surface area contributed by atoms with Crippen LogP contribution in [0.5, 0.6) is 0 Å². The molecule has 0 radical (unpaired) electrons. The number of benzene rings is 1. The van der Waals surface area contributed by atoms with Gasteiger partial charge in [-0.25, -0.2) is 0 Å². The van der Waals surface area contributed by atoms with Crippen LogP contribution in [0.15, 0.2) is 24.4 Å². The quantitative estimate of drug-likeness (QED) is 0.767. The first kappa shape index (κ1) is 14.7. The molecule has 4 heteroatoms. The number of hydrogen-bond donors (Lipinski definition) is 0. The minimum absolute atomic E-state index is 0. The number of fused-ring (bicyclic) bond motifs is 3. The Balaban J connectivity index is 0.00000120. The molecule has 0 aliphatic carbocycles. The topological polar surface area (TPSA) is 22.3 Å². The van der Waals surface area contributed by atoms with Crippen LogP contribution >= 0.6 is 0 Å². The minimum Gasteiger partial charge on any atom is -0.684 e. The van der Waals surface area contributed by atoms with E-state index in [1.807, 2.05) is 0 Å². The third-order valence-corrected chi connectivity index (χ3v) is 3.47. The molecular formula is C14H18N3Rb. The number of aromatic nitrogens is 1. The summed E-state index contributed by atoms with van der Waals surface area (Å²) in [6.45, 7) is 3.08. The molecule has 3 nitrogen and oxygen atoms in total. The molecule has 1 aliphatic heterocycles. The summed E-state index contributed by atoms with van der Waals surface area (Å²) in [5.74, 6) is 0. The maximum absolute atomic E-state index is 4.52. The third kappa shape index (κ3) is 2.75. The molecule has 1 aliphatic rings. The molecule has 0 saturated carbocycles. The standard InChI is InChI=1S/C14H18N3.Rb/c1-16(2)9-10-17-8-6-12-11-5-7-15-13(11)3-4-14(12)17;/h3-4,6,8H,5,7,9-10H2,1-2H3;/q-1;+1. The van der Waals surface area contributed by atoms with Gasteiger partial charge in [0.2, 0.25) is 0 Å². The molecule has 1 aromatic carbocycles. The molecule has 0 bridgehead atoms. The first-order valence-corrected chi connectivity index (χ1v) is 6.18. The monoisotopic (exact) mass is 313 g/mol. The van der Waals surface area contributed by atoms with E-state index in [2.05, 4.69) is 53.3 Å². The molecular weight excluding hydrogens is 296 g/mol. The maximum atomic E-state index is 4.52. The van der Waals surface area contributed by atoms with Crippen LogP contribution in [-0.4, -0.2) is 36.7 Å². The van der Waals surface area contributed by atoms with Crippen molar-refractivity contribution in [2.45, 2.75) is 13.0 Å². The zero-order valence-electron chi connectivity index (χ0n) is 11.5. The van der Waals surface area contributed by atoms with E-state index in [-0.39, 0.29) is 58.2 Å². The van der Waals surface area contributed by atoms with Gasteiger partial charge in [-0.15, -0.1) is 12.2 Å². The van der Waals surface area contributed by atoms with Gasteiger partial charge in [-0.05, 0) is 32.6 Å². The Bertz CT molecular complexity index is 545. The van der Waals surface area contributed by atoms with Crippen molar-refractivity contribution < 1.29 is 58.2 Å². The second-order valence-corrected chi connectivity index (χ2v) is 4.94. The van der Waals surface area contributed by atoms with Crippen molar-refractivity contribution >= 4 is 16.6 Å². The second kappa shape index (κ2) is 6.18. The molecule has 0 N–H and O–H groups in total. The fourth-order valence-corrected chi connectivity index (χ4v) is 2.52. The molecule has 0 amide bonds. The van der Waals surface area contributed by atoms with Gasteiger partial charge in [0.1, 0.15) is 0 Å². The van der Waals surface area contributed by atoms with Gasteiger partial charge in [0.05, 0.1) is 0 Å². The van der Waals surface area contributed by atoms with Gasteiger partial charge in [0.15, 0.2) is 0 Å². The van der Waals surface area contributed by atoms with Gasteiger partial charge in [-0.1, -0.05) is 11.6 Å². The number of hydrogen-bond acceptors (Lipinski definition) is 1. The Labute approximate surface area is 157 Å². The molecule has 0 spiro atoms. The Morgan fingerprint density at radius 2 is 2.11 bits per heavy atom. The SMILES string of the molecule is CN(C)CCn1ccc2c3c(ccc21)[N-]CC3.[Rb+]. The summed E-state index contributed by atoms with van der Waals surface area (Å²) in [6.07, 6.45) is 3.30. The molecule has 0 fully saturated rings. The van der Waals surface area contributed by atoms with Crippen molar-refractivity contribution in [1.82, 2.24) is 9.47 Å². The van der Waals surface area contributed by atoms with E-state index >= 15 is 0 Å². The fraction of sp³-hybridized carbons (Fsp3) is 0.429. The van der Waals surface area contributed by atoms with E-state index in [9.17, 15) is 0 Å². The molecule has 90 valence electrons.